The number of carbonyl (C=O) groups is 1. The third-order valence-electron chi connectivity index (χ3n) is 1.94. The molecule has 0 aliphatic heterocycles. The second kappa shape index (κ2) is 9.31. The Morgan fingerprint density at radius 3 is 2.13 bits per heavy atom. The molecule has 0 atom stereocenters. The summed E-state index contributed by atoms with van der Waals surface area (Å²) < 4.78 is 4.50. The van der Waals surface area contributed by atoms with Gasteiger partial charge in [-0.05, 0) is 12.1 Å². The molecule has 1 N–H and O–H groups in total. The largest absolute Gasteiger partial charge is 0.475 e. The molecule has 0 amide bonds. The van der Waals surface area contributed by atoms with E-state index in [4.69, 9.17) is 5.11 Å². The Labute approximate surface area is 91.1 Å². The number of hydrogen-bond acceptors (Lipinski definition) is 2. The van der Waals surface area contributed by atoms with Gasteiger partial charge >= 0.3 is 5.97 Å². The Morgan fingerprint density at radius 2 is 1.87 bits per heavy atom. The molecule has 0 unspecified atom stereocenters. The third kappa shape index (κ3) is 7.79. The van der Waals surface area contributed by atoms with Crippen molar-refractivity contribution < 1.29 is 14.3 Å². The van der Waals surface area contributed by atoms with Gasteiger partial charge in [-0.15, -0.1) is 0 Å². The summed E-state index contributed by atoms with van der Waals surface area (Å²) in [4.78, 5) is 9.97. The maximum Gasteiger partial charge on any atom is 0.371 e. The molecule has 3 heteroatoms. The van der Waals surface area contributed by atoms with Crippen LogP contribution in [0.3, 0.4) is 0 Å². The van der Waals surface area contributed by atoms with Crippen LogP contribution < -0.4 is 0 Å². The van der Waals surface area contributed by atoms with E-state index in [2.05, 4.69) is 18.3 Å². The SMILES string of the molecule is CCCCCCC.O=C(O)c1ccco1. The average Bonchev–Trinajstić information content (AvgIpc) is 2.72. The Morgan fingerprint density at radius 1 is 1.27 bits per heavy atom. The minimum atomic E-state index is -1.03. The first-order valence-electron chi connectivity index (χ1n) is 5.49. The van der Waals surface area contributed by atoms with Crippen LogP contribution in [0.15, 0.2) is 22.8 Å². The molecular weight excluding hydrogens is 192 g/mol. The highest BCUT2D eigenvalue weighted by Crippen LogP contribution is 2.00. The first kappa shape index (κ1) is 13.8. The smallest absolute Gasteiger partial charge is 0.371 e. The maximum absolute atomic E-state index is 9.97. The molecule has 0 saturated carbocycles. The topological polar surface area (TPSA) is 50.4 Å². The van der Waals surface area contributed by atoms with Gasteiger partial charge in [-0.3, -0.25) is 0 Å². The van der Waals surface area contributed by atoms with Gasteiger partial charge in [-0.25, -0.2) is 4.79 Å². The molecule has 0 bridgehead atoms. The fourth-order valence-corrected chi connectivity index (χ4v) is 1.08. The lowest BCUT2D eigenvalue weighted by Gasteiger charge is -1.90. The van der Waals surface area contributed by atoms with Crippen LogP contribution in [0.2, 0.25) is 0 Å². The quantitative estimate of drug-likeness (QED) is 0.752. The summed E-state index contributed by atoms with van der Waals surface area (Å²) in [5.41, 5.74) is 0. The van der Waals surface area contributed by atoms with Crippen molar-refractivity contribution >= 4 is 5.97 Å². The minimum absolute atomic E-state index is 0.0231. The summed E-state index contributed by atoms with van der Waals surface area (Å²) in [6.45, 7) is 4.49. The van der Waals surface area contributed by atoms with Crippen LogP contribution in [-0.2, 0) is 0 Å². The van der Waals surface area contributed by atoms with Gasteiger partial charge < -0.3 is 9.52 Å². The molecule has 0 aliphatic carbocycles. The normalized spacial score (nSPS) is 9.20. The summed E-state index contributed by atoms with van der Waals surface area (Å²) in [6, 6.07) is 2.92. The van der Waals surface area contributed by atoms with Crippen molar-refractivity contribution in [3.05, 3.63) is 24.2 Å². The van der Waals surface area contributed by atoms with E-state index in [1.807, 2.05) is 0 Å². The fourth-order valence-electron chi connectivity index (χ4n) is 1.08. The highest BCUT2D eigenvalue weighted by molar-refractivity contribution is 5.84. The molecule has 0 fully saturated rings. The molecule has 0 radical (unpaired) electrons. The van der Waals surface area contributed by atoms with Crippen molar-refractivity contribution in [2.45, 2.75) is 46.0 Å². The fraction of sp³-hybridized carbons (Fsp3) is 0.583. The van der Waals surface area contributed by atoms with E-state index < -0.39 is 5.97 Å². The number of hydrogen-bond donors (Lipinski definition) is 1. The molecule has 0 aromatic carbocycles. The third-order valence-corrected chi connectivity index (χ3v) is 1.94. The van der Waals surface area contributed by atoms with Crippen LogP contribution in [0.5, 0.6) is 0 Å². The molecule has 0 spiro atoms. The van der Waals surface area contributed by atoms with E-state index in [1.165, 1.54) is 50.5 Å². The predicted molar refractivity (Wildman–Crippen MR) is 60.1 cm³/mol. The summed E-state index contributed by atoms with van der Waals surface area (Å²) in [7, 11) is 0. The van der Waals surface area contributed by atoms with Gasteiger partial charge in [0.25, 0.3) is 0 Å². The molecule has 15 heavy (non-hydrogen) atoms. The Balaban J connectivity index is 0.000000265. The summed E-state index contributed by atoms with van der Waals surface area (Å²) in [5.74, 6) is -1.06. The van der Waals surface area contributed by atoms with Crippen LogP contribution >= 0.6 is 0 Å². The van der Waals surface area contributed by atoms with Crippen molar-refractivity contribution in [1.29, 1.82) is 0 Å². The van der Waals surface area contributed by atoms with E-state index in [0.29, 0.717) is 0 Å². The molecule has 3 nitrogen and oxygen atoms in total. The lowest BCUT2D eigenvalue weighted by Crippen LogP contribution is -1.90. The van der Waals surface area contributed by atoms with Gasteiger partial charge in [0.15, 0.2) is 0 Å². The standard InChI is InChI=1S/C7H16.C5H4O3/c1-3-5-7-6-4-2;6-5(7)4-2-1-3-8-4/h3-7H2,1-2H3;1-3H,(H,6,7). The monoisotopic (exact) mass is 212 g/mol. The van der Waals surface area contributed by atoms with E-state index in [0.717, 1.165) is 0 Å². The van der Waals surface area contributed by atoms with Crippen LogP contribution in [0.25, 0.3) is 0 Å². The van der Waals surface area contributed by atoms with Gasteiger partial charge in [0.05, 0.1) is 6.26 Å². The number of furan rings is 1. The first-order chi connectivity index (χ1) is 7.22. The zero-order valence-corrected chi connectivity index (χ0v) is 9.53. The minimum Gasteiger partial charge on any atom is -0.475 e. The number of unbranched alkanes of at least 4 members (excludes halogenated alkanes) is 4. The number of carboxylic acids is 1. The Hall–Kier alpha value is -1.25. The van der Waals surface area contributed by atoms with Gasteiger partial charge in [0.2, 0.25) is 5.76 Å². The summed E-state index contributed by atoms with van der Waals surface area (Å²) in [5, 5.41) is 8.18. The summed E-state index contributed by atoms with van der Waals surface area (Å²) >= 11 is 0. The van der Waals surface area contributed by atoms with Crippen molar-refractivity contribution in [3.8, 4) is 0 Å². The number of rotatable bonds is 5. The molecular formula is C12H20O3. The molecule has 1 heterocycles. The molecule has 0 saturated heterocycles. The Kier molecular flexibility index (Phi) is 8.53. The van der Waals surface area contributed by atoms with Crippen molar-refractivity contribution in [1.82, 2.24) is 0 Å². The van der Waals surface area contributed by atoms with Gasteiger partial charge in [0, 0.05) is 0 Å². The van der Waals surface area contributed by atoms with Crippen LogP contribution in [0, 0.1) is 0 Å². The van der Waals surface area contributed by atoms with Gasteiger partial charge in [0.1, 0.15) is 0 Å². The van der Waals surface area contributed by atoms with Crippen molar-refractivity contribution in [3.63, 3.8) is 0 Å². The maximum atomic E-state index is 9.97. The van der Waals surface area contributed by atoms with Crippen LogP contribution in [0.4, 0.5) is 0 Å². The number of aromatic carboxylic acids is 1. The second-order valence-corrected chi connectivity index (χ2v) is 3.34. The van der Waals surface area contributed by atoms with Gasteiger partial charge in [-0.1, -0.05) is 46.0 Å². The zero-order valence-electron chi connectivity index (χ0n) is 9.53. The van der Waals surface area contributed by atoms with E-state index in [-0.39, 0.29) is 5.76 Å². The van der Waals surface area contributed by atoms with E-state index in [1.54, 1.807) is 0 Å². The highest BCUT2D eigenvalue weighted by Gasteiger charge is 2.01. The molecule has 1 aromatic heterocycles. The molecule has 86 valence electrons. The van der Waals surface area contributed by atoms with Crippen LogP contribution in [-0.4, -0.2) is 11.1 Å². The molecule has 1 rings (SSSR count). The molecule has 1 aromatic rings. The summed E-state index contributed by atoms with van der Waals surface area (Å²) in [6.07, 6.45) is 8.33. The highest BCUT2D eigenvalue weighted by atomic mass is 16.4. The van der Waals surface area contributed by atoms with E-state index >= 15 is 0 Å². The van der Waals surface area contributed by atoms with Crippen molar-refractivity contribution in [2.75, 3.05) is 0 Å². The molecule has 0 aliphatic rings. The van der Waals surface area contributed by atoms with Crippen LogP contribution in [0.1, 0.15) is 56.5 Å². The van der Waals surface area contributed by atoms with Crippen molar-refractivity contribution in [2.24, 2.45) is 0 Å². The second-order valence-electron chi connectivity index (χ2n) is 3.34. The lowest BCUT2D eigenvalue weighted by atomic mass is 10.2. The van der Waals surface area contributed by atoms with E-state index in [9.17, 15) is 4.79 Å². The number of carboxylic acid groups (broad SMARTS) is 1. The first-order valence-corrected chi connectivity index (χ1v) is 5.49. The average molecular weight is 212 g/mol. The lowest BCUT2D eigenvalue weighted by molar-refractivity contribution is 0.0662. The van der Waals surface area contributed by atoms with Gasteiger partial charge in [-0.2, -0.15) is 0 Å². The Bertz CT molecular complexity index is 235. The zero-order chi connectivity index (χ0) is 11.5. The predicted octanol–water partition coefficient (Wildman–Crippen LogP) is 3.95.